The molecule has 0 unspecified atom stereocenters. The molecule has 0 amide bonds. The molecule has 0 saturated heterocycles. The van der Waals surface area contributed by atoms with Gasteiger partial charge >= 0.3 is 0 Å². The van der Waals surface area contributed by atoms with Crippen molar-refractivity contribution >= 4 is 46.4 Å². The first-order chi connectivity index (χ1) is 21.3. The molecule has 5 aromatic rings. The highest BCUT2D eigenvalue weighted by atomic mass is 35.5. The summed E-state index contributed by atoms with van der Waals surface area (Å²) in [7, 11) is 7.24. The molecule has 1 aliphatic heterocycles. The van der Waals surface area contributed by atoms with Crippen molar-refractivity contribution in [1.29, 1.82) is 0 Å². The summed E-state index contributed by atoms with van der Waals surface area (Å²) in [6, 6.07) is 25.1. The van der Waals surface area contributed by atoms with Crippen LogP contribution in [-0.4, -0.2) is 51.4 Å². The van der Waals surface area contributed by atoms with E-state index in [0.717, 1.165) is 42.9 Å². The maximum Gasteiger partial charge on any atom is 0.204 e. The molecule has 236 valence electrons. The van der Waals surface area contributed by atoms with Crippen LogP contribution < -0.4 is 19.8 Å². The molecule has 0 radical (unpaired) electrons. The first-order valence-corrected chi connectivity index (χ1v) is 14.9. The van der Waals surface area contributed by atoms with Gasteiger partial charge in [-0.2, -0.15) is 0 Å². The van der Waals surface area contributed by atoms with Crippen molar-refractivity contribution in [3.8, 4) is 28.4 Å². The number of aryl methyl sites for hydroxylation is 2. The van der Waals surface area contributed by atoms with Crippen molar-refractivity contribution in [2.75, 3.05) is 46.3 Å². The summed E-state index contributed by atoms with van der Waals surface area (Å²) in [6.45, 7) is 2.11. The number of methoxy groups -OCH3 is 2. The third-order valence-electron chi connectivity index (χ3n) is 7.75. The molecule has 6 rings (SSSR count). The second kappa shape index (κ2) is 15.2. The average Bonchev–Trinajstić information content (AvgIpc) is 3.18. The van der Waals surface area contributed by atoms with Crippen LogP contribution in [0, 0.1) is 0 Å². The molecule has 0 fully saturated rings. The minimum atomic E-state index is -0.190. The molecule has 0 saturated carbocycles. The molecule has 0 atom stereocenters. The number of fused-ring (bicyclic) bond motifs is 3. The second-order valence-electron chi connectivity index (χ2n) is 10.9. The molecule has 0 aliphatic carbocycles. The Balaban J connectivity index is 0.000000200. The van der Waals surface area contributed by atoms with Crippen LogP contribution in [0.3, 0.4) is 0 Å². The van der Waals surface area contributed by atoms with Gasteiger partial charge in [0.15, 0.2) is 11.3 Å². The maximum atomic E-state index is 12.6. The highest BCUT2D eigenvalue weighted by Crippen LogP contribution is 2.38. The van der Waals surface area contributed by atoms with Crippen molar-refractivity contribution < 1.29 is 19.0 Å². The van der Waals surface area contributed by atoms with Gasteiger partial charge in [-0.15, -0.1) is 12.4 Å². The van der Waals surface area contributed by atoms with E-state index in [1.165, 1.54) is 48.0 Å². The van der Waals surface area contributed by atoms with Crippen LogP contribution in [0.5, 0.6) is 17.2 Å². The molecule has 0 spiro atoms. The smallest absolute Gasteiger partial charge is 0.204 e. The fourth-order valence-corrected chi connectivity index (χ4v) is 5.67. The first kappa shape index (κ1) is 33.7. The van der Waals surface area contributed by atoms with E-state index in [9.17, 15) is 9.90 Å². The van der Waals surface area contributed by atoms with E-state index in [-0.39, 0.29) is 34.9 Å². The lowest BCUT2D eigenvalue weighted by molar-refractivity contribution is 0.370. The number of phenolic OH excluding ortho intramolecular Hbond substituents is 1. The molecule has 7 nitrogen and oxygen atoms in total. The molecular weight excluding hydrogens is 611 g/mol. The molecule has 1 aromatic heterocycles. The second-order valence-corrected chi connectivity index (χ2v) is 11.3. The van der Waals surface area contributed by atoms with Crippen LogP contribution >= 0.6 is 24.0 Å². The summed E-state index contributed by atoms with van der Waals surface area (Å²) in [5.41, 5.74) is 6.63. The Morgan fingerprint density at radius 2 is 1.62 bits per heavy atom. The number of halogens is 2. The Labute approximate surface area is 275 Å². The molecule has 1 aliphatic rings. The lowest BCUT2D eigenvalue weighted by atomic mass is 10.0. The third-order valence-corrected chi connectivity index (χ3v) is 7.99. The summed E-state index contributed by atoms with van der Waals surface area (Å²) in [4.78, 5) is 17.3. The van der Waals surface area contributed by atoms with E-state index in [0.29, 0.717) is 16.7 Å². The summed E-state index contributed by atoms with van der Waals surface area (Å²) >= 11 is 6.27. The Morgan fingerprint density at radius 1 is 0.911 bits per heavy atom. The number of nitrogens with zero attached hydrogens (tertiary/aromatic N) is 2. The van der Waals surface area contributed by atoms with Gasteiger partial charge in [-0.05, 0) is 99.1 Å². The number of hydrogen-bond acceptors (Lipinski definition) is 7. The fraction of sp³-hybridized carbons (Fsp3) is 0.250. The van der Waals surface area contributed by atoms with Gasteiger partial charge in [0.1, 0.15) is 12.0 Å². The zero-order valence-corrected chi connectivity index (χ0v) is 27.5. The number of para-hydroxylation sites is 1. The monoisotopic (exact) mass is 648 g/mol. The van der Waals surface area contributed by atoms with Gasteiger partial charge in [0.05, 0.1) is 25.2 Å². The predicted octanol–water partition coefficient (Wildman–Crippen LogP) is 8.13. The zero-order valence-electron chi connectivity index (χ0n) is 25.9. The largest absolute Gasteiger partial charge is 0.504 e. The van der Waals surface area contributed by atoms with E-state index in [2.05, 4.69) is 60.3 Å². The first-order valence-electron chi connectivity index (χ1n) is 14.5. The summed E-state index contributed by atoms with van der Waals surface area (Å²) in [5, 5.41) is 10.9. The zero-order chi connectivity index (χ0) is 31.2. The maximum absolute atomic E-state index is 12.6. The van der Waals surface area contributed by atoms with Crippen molar-refractivity contribution in [1.82, 2.24) is 4.90 Å². The van der Waals surface area contributed by atoms with Crippen LogP contribution in [-0.2, 0) is 12.8 Å². The third kappa shape index (κ3) is 7.56. The SMILES string of the molecule is CN(C)CCCN1c2ccccc2CCc2ccc(Cl)cc21.COc1ccc(-c2coc3c(OC)c(O)ccc3c2=O)cc1.Cl. The van der Waals surface area contributed by atoms with Gasteiger partial charge in [0.25, 0.3) is 0 Å². The van der Waals surface area contributed by atoms with Gasteiger partial charge in [-0.3, -0.25) is 4.79 Å². The Morgan fingerprint density at radius 3 is 2.31 bits per heavy atom. The topological polar surface area (TPSA) is 75.4 Å². The summed E-state index contributed by atoms with van der Waals surface area (Å²) in [5.74, 6) is 0.784. The van der Waals surface area contributed by atoms with Crippen LogP contribution in [0.4, 0.5) is 11.4 Å². The quantitative estimate of drug-likeness (QED) is 0.191. The predicted molar refractivity (Wildman–Crippen MR) is 185 cm³/mol. The van der Waals surface area contributed by atoms with E-state index in [4.69, 9.17) is 25.5 Å². The van der Waals surface area contributed by atoms with Crippen molar-refractivity contribution in [3.05, 3.63) is 111 Å². The van der Waals surface area contributed by atoms with Crippen LogP contribution in [0.2, 0.25) is 5.02 Å². The number of aromatic hydroxyl groups is 1. The number of benzene rings is 4. The molecule has 4 aromatic carbocycles. The lowest BCUT2D eigenvalue weighted by Gasteiger charge is -2.27. The van der Waals surface area contributed by atoms with Crippen LogP contribution in [0.15, 0.2) is 94.3 Å². The fourth-order valence-electron chi connectivity index (χ4n) is 5.50. The van der Waals surface area contributed by atoms with E-state index in [1.54, 1.807) is 31.4 Å². The van der Waals surface area contributed by atoms with E-state index >= 15 is 0 Å². The average molecular weight is 650 g/mol. The number of hydrogen-bond donors (Lipinski definition) is 1. The normalized spacial score (nSPS) is 11.9. The number of anilines is 2. The molecule has 45 heavy (non-hydrogen) atoms. The number of ether oxygens (including phenoxy) is 2. The van der Waals surface area contributed by atoms with Gasteiger partial charge in [0, 0.05) is 22.9 Å². The van der Waals surface area contributed by atoms with Crippen LogP contribution in [0.1, 0.15) is 17.5 Å². The molecule has 0 bridgehead atoms. The molecule has 2 heterocycles. The molecule has 1 N–H and O–H groups in total. The minimum absolute atomic E-state index is 0. The van der Waals surface area contributed by atoms with E-state index < -0.39 is 0 Å². The number of rotatable bonds is 7. The standard InChI is InChI=1S/C19H23ClN2.C17H14O5.ClH/c1-21(2)12-5-13-22-18-7-4-3-6-15(18)8-9-16-10-11-17(20)14-19(16)22;1-20-11-5-3-10(4-6-11)13-9-22-16-12(15(13)19)7-8-14(18)17(16)21-2;/h3-4,6-7,10-11,14H,5,8-9,12-13H2,1-2H3;3-9,18H,1-2H3;1H. The highest BCUT2D eigenvalue weighted by molar-refractivity contribution is 6.30. The molecule has 9 heteroatoms. The van der Waals surface area contributed by atoms with Crippen molar-refractivity contribution in [3.63, 3.8) is 0 Å². The lowest BCUT2D eigenvalue weighted by Crippen LogP contribution is -2.24. The van der Waals surface area contributed by atoms with Crippen LogP contribution in [0.25, 0.3) is 22.1 Å². The number of phenols is 1. The van der Waals surface area contributed by atoms with Gasteiger partial charge in [-0.25, -0.2) is 0 Å². The summed E-state index contributed by atoms with van der Waals surface area (Å²) in [6.07, 6.45) is 4.67. The van der Waals surface area contributed by atoms with Gasteiger partial charge in [-0.1, -0.05) is 48.0 Å². The van der Waals surface area contributed by atoms with Gasteiger partial charge in [0.2, 0.25) is 11.2 Å². The Hall–Kier alpha value is -4.17. The highest BCUT2D eigenvalue weighted by Gasteiger charge is 2.20. The summed E-state index contributed by atoms with van der Waals surface area (Å²) < 4.78 is 15.7. The van der Waals surface area contributed by atoms with Gasteiger partial charge < -0.3 is 28.8 Å². The van der Waals surface area contributed by atoms with E-state index in [1.807, 2.05) is 6.07 Å². The Kier molecular flexibility index (Phi) is 11.4. The van der Waals surface area contributed by atoms with Crippen molar-refractivity contribution in [2.24, 2.45) is 0 Å². The van der Waals surface area contributed by atoms with Crippen molar-refractivity contribution in [2.45, 2.75) is 19.3 Å². The Bertz CT molecular complexity index is 1800. The minimum Gasteiger partial charge on any atom is -0.504 e. The molecular formula is C36H38Cl2N2O5.